The highest BCUT2D eigenvalue weighted by Crippen LogP contribution is 2.56. The van der Waals surface area contributed by atoms with Crippen molar-refractivity contribution in [3.05, 3.63) is 234 Å². The lowest BCUT2D eigenvalue weighted by molar-refractivity contribution is 0.417. The second-order valence-corrected chi connectivity index (χ2v) is 14.4. The fourth-order valence-corrected chi connectivity index (χ4v) is 8.82. The zero-order valence-corrected chi connectivity index (χ0v) is 32.0. The topological polar surface area (TPSA) is 12.5 Å². The van der Waals surface area contributed by atoms with Gasteiger partial charge in [0.05, 0.1) is 18.2 Å². The highest BCUT2D eigenvalue weighted by atomic mass is 16.5. The monoisotopic (exact) mass is 721 g/mol. The maximum absolute atomic E-state index is 6.46. The van der Waals surface area contributed by atoms with E-state index in [-0.39, 0.29) is 0 Å². The normalized spacial score (nSPS) is 13.3. The van der Waals surface area contributed by atoms with E-state index in [1.807, 2.05) is 0 Å². The summed E-state index contributed by atoms with van der Waals surface area (Å²) >= 11 is 0. The van der Waals surface area contributed by atoms with Crippen molar-refractivity contribution in [3.8, 4) is 28.0 Å². The number of benzene rings is 8. The molecule has 0 spiro atoms. The first-order chi connectivity index (χ1) is 27.6. The van der Waals surface area contributed by atoms with Crippen molar-refractivity contribution in [1.29, 1.82) is 0 Å². The van der Waals surface area contributed by atoms with Crippen LogP contribution in [0.1, 0.15) is 36.1 Å². The molecule has 0 atom stereocenters. The Morgan fingerprint density at radius 2 is 1.09 bits per heavy atom. The molecule has 8 aromatic carbocycles. The van der Waals surface area contributed by atoms with Crippen molar-refractivity contribution in [2.45, 2.75) is 19.3 Å². The van der Waals surface area contributed by atoms with Crippen molar-refractivity contribution < 1.29 is 4.74 Å². The van der Waals surface area contributed by atoms with Crippen LogP contribution in [0, 0.1) is 0 Å². The summed E-state index contributed by atoms with van der Waals surface area (Å²) in [4.78, 5) is 2.32. The van der Waals surface area contributed by atoms with Crippen LogP contribution in [-0.2, 0) is 5.41 Å². The van der Waals surface area contributed by atoms with Crippen LogP contribution in [0.25, 0.3) is 38.6 Å². The molecule has 0 aromatic heterocycles. The SMILES string of the molecule is C/C=C\C1=C(C)c2cc(-c3cccc(N(c4ccc(-c5ccccc5)cc4)c4ccc5ccccc5c4)c3OC)ccc2C1(c1ccccc1)c1ccccc1. The van der Waals surface area contributed by atoms with Gasteiger partial charge in [0.1, 0.15) is 0 Å². The summed E-state index contributed by atoms with van der Waals surface area (Å²) in [6, 6.07) is 70.0. The van der Waals surface area contributed by atoms with E-state index in [1.54, 1.807) is 7.11 Å². The van der Waals surface area contributed by atoms with Gasteiger partial charge in [-0.05, 0) is 111 Å². The molecule has 0 fully saturated rings. The number of fused-ring (bicyclic) bond motifs is 2. The number of para-hydroxylation sites is 1. The molecule has 2 heteroatoms. The second kappa shape index (κ2) is 14.7. The fraction of sp³-hybridized carbons (Fsp3) is 0.0741. The van der Waals surface area contributed by atoms with Crippen LogP contribution in [0.4, 0.5) is 17.1 Å². The lowest BCUT2D eigenvalue weighted by atomic mass is 9.66. The van der Waals surface area contributed by atoms with Crippen LogP contribution in [0.15, 0.2) is 212 Å². The van der Waals surface area contributed by atoms with E-state index in [1.165, 1.54) is 55.3 Å². The first-order valence-corrected chi connectivity index (χ1v) is 19.3. The standard InChI is InChI=1S/C54H43NO/c1-4-17-50-38(2)49-37-43(31-35-51(49)54(50,44-22-10-6-11-23-44)45-24-12-7-13-25-45)48-26-16-27-52(53(48)56-3)55(47-34-30-40-20-14-15-21-42(40)36-47)46-32-28-41(29-33-46)39-18-8-5-9-19-39/h4-37H,1-3H3/b17-4-. The minimum Gasteiger partial charge on any atom is -0.494 e. The predicted octanol–water partition coefficient (Wildman–Crippen LogP) is 14.3. The maximum atomic E-state index is 6.46. The molecule has 9 rings (SSSR count). The van der Waals surface area contributed by atoms with Crippen molar-refractivity contribution in [3.63, 3.8) is 0 Å². The summed E-state index contributed by atoms with van der Waals surface area (Å²) in [5, 5.41) is 2.39. The Bertz CT molecular complexity index is 2690. The van der Waals surface area contributed by atoms with Gasteiger partial charge in [-0.3, -0.25) is 0 Å². The van der Waals surface area contributed by atoms with Crippen molar-refractivity contribution in [2.75, 3.05) is 12.0 Å². The van der Waals surface area contributed by atoms with Crippen LogP contribution in [-0.4, -0.2) is 7.11 Å². The Kier molecular flexibility index (Phi) is 9.17. The zero-order valence-electron chi connectivity index (χ0n) is 32.0. The Morgan fingerprint density at radius 1 is 0.500 bits per heavy atom. The molecule has 0 N–H and O–H groups in total. The second-order valence-electron chi connectivity index (χ2n) is 14.4. The van der Waals surface area contributed by atoms with Gasteiger partial charge in [0.15, 0.2) is 5.75 Å². The molecule has 270 valence electrons. The van der Waals surface area contributed by atoms with Gasteiger partial charge in [-0.15, -0.1) is 0 Å². The number of ether oxygens (including phenoxy) is 1. The highest BCUT2D eigenvalue weighted by molar-refractivity contribution is 5.94. The summed E-state index contributed by atoms with van der Waals surface area (Å²) in [6.45, 7) is 4.39. The third-order valence-electron chi connectivity index (χ3n) is 11.4. The molecular formula is C54H43NO. The van der Waals surface area contributed by atoms with Gasteiger partial charge in [0, 0.05) is 16.9 Å². The van der Waals surface area contributed by atoms with Crippen LogP contribution in [0.2, 0.25) is 0 Å². The molecule has 0 bridgehead atoms. The molecule has 56 heavy (non-hydrogen) atoms. The molecular weight excluding hydrogens is 679 g/mol. The summed E-state index contributed by atoms with van der Waals surface area (Å²) in [7, 11) is 1.79. The van der Waals surface area contributed by atoms with Gasteiger partial charge < -0.3 is 9.64 Å². The number of hydrogen-bond donors (Lipinski definition) is 0. The first kappa shape index (κ1) is 34.8. The first-order valence-electron chi connectivity index (χ1n) is 19.3. The average molecular weight is 722 g/mol. The Labute approximate surface area is 330 Å². The van der Waals surface area contributed by atoms with E-state index in [2.05, 4.69) is 225 Å². The summed E-state index contributed by atoms with van der Waals surface area (Å²) in [5.74, 6) is 0.818. The van der Waals surface area contributed by atoms with Crippen molar-refractivity contribution in [2.24, 2.45) is 0 Å². The Hall–Kier alpha value is -6.90. The molecule has 1 aliphatic rings. The fourth-order valence-electron chi connectivity index (χ4n) is 8.82. The van der Waals surface area contributed by atoms with E-state index < -0.39 is 5.41 Å². The smallest absolute Gasteiger partial charge is 0.150 e. The van der Waals surface area contributed by atoms with Crippen LogP contribution >= 0.6 is 0 Å². The quantitative estimate of drug-likeness (QED) is 0.147. The number of nitrogens with zero attached hydrogens (tertiary/aromatic N) is 1. The minimum absolute atomic E-state index is 0.447. The summed E-state index contributed by atoms with van der Waals surface area (Å²) in [6.07, 6.45) is 4.48. The van der Waals surface area contributed by atoms with Crippen molar-refractivity contribution in [1.82, 2.24) is 0 Å². The van der Waals surface area contributed by atoms with Crippen LogP contribution in [0.3, 0.4) is 0 Å². The highest BCUT2D eigenvalue weighted by Gasteiger charge is 2.45. The average Bonchev–Trinajstić information content (AvgIpc) is 3.51. The van der Waals surface area contributed by atoms with Gasteiger partial charge in [0.2, 0.25) is 0 Å². The minimum atomic E-state index is -0.447. The van der Waals surface area contributed by atoms with Crippen molar-refractivity contribution >= 4 is 33.4 Å². The Balaban J connectivity index is 1.22. The molecule has 0 radical (unpaired) electrons. The zero-order chi connectivity index (χ0) is 38.1. The van der Waals surface area contributed by atoms with E-state index in [4.69, 9.17) is 4.74 Å². The third kappa shape index (κ3) is 5.82. The molecule has 2 nitrogen and oxygen atoms in total. The molecule has 0 unspecified atom stereocenters. The van der Waals surface area contributed by atoms with Gasteiger partial charge in [-0.25, -0.2) is 0 Å². The number of hydrogen-bond acceptors (Lipinski definition) is 2. The number of anilines is 3. The van der Waals surface area contributed by atoms with Gasteiger partial charge >= 0.3 is 0 Å². The number of methoxy groups -OCH3 is 1. The van der Waals surface area contributed by atoms with Gasteiger partial charge in [-0.1, -0.05) is 170 Å². The van der Waals surface area contributed by atoms with E-state index >= 15 is 0 Å². The maximum Gasteiger partial charge on any atom is 0.150 e. The molecule has 8 aromatic rings. The summed E-state index contributed by atoms with van der Waals surface area (Å²) in [5.41, 5.74) is 14.8. The lowest BCUT2D eigenvalue weighted by Gasteiger charge is -2.35. The van der Waals surface area contributed by atoms with Crippen LogP contribution in [0.5, 0.6) is 5.75 Å². The molecule has 1 aliphatic carbocycles. The Morgan fingerprint density at radius 3 is 1.75 bits per heavy atom. The third-order valence-corrected chi connectivity index (χ3v) is 11.4. The summed E-state index contributed by atoms with van der Waals surface area (Å²) < 4.78 is 6.46. The van der Waals surface area contributed by atoms with Crippen LogP contribution < -0.4 is 9.64 Å². The molecule has 0 amide bonds. The van der Waals surface area contributed by atoms with E-state index in [0.717, 1.165) is 33.9 Å². The van der Waals surface area contributed by atoms with E-state index in [9.17, 15) is 0 Å². The molecule has 0 saturated carbocycles. The molecule has 0 aliphatic heterocycles. The predicted molar refractivity (Wildman–Crippen MR) is 236 cm³/mol. The van der Waals surface area contributed by atoms with E-state index in [0.29, 0.717) is 0 Å². The lowest BCUT2D eigenvalue weighted by Crippen LogP contribution is -2.29. The van der Waals surface area contributed by atoms with Gasteiger partial charge in [-0.2, -0.15) is 0 Å². The molecule has 0 heterocycles. The number of allylic oxidation sites excluding steroid dienone is 4. The van der Waals surface area contributed by atoms with Gasteiger partial charge in [0.25, 0.3) is 0 Å². The number of rotatable bonds is 9. The largest absolute Gasteiger partial charge is 0.494 e. The molecule has 0 saturated heterocycles.